The lowest BCUT2D eigenvalue weighted by Crippen LogP contribution is -2.20. The van der Waals surface area contributed by atoms with E-state index in [1.165, 1.54) is 0 Å². The van der Waals surface area contributed by atoms with Crippen LogP contribution in [-0.2, 0) is 11.2 Å². The van der Waals surface area contributed by atoms with Gasteiger partial charge in [0.15, 0.2) is 11.3 Å². The van der Waals surface area contributed by atoms with Gasteiger partial charge in [-0.1, -0.05) is 31.5 Å². The summed E-state index contributed by atoms with van der Waals surface area (Å²) in [5.74, 6) is -1.59. The van der Waals surface area contributed by atoms with E-state index >= 15 is 0 Å². The second-order valence-electron chi connectivity index (χ2n) is 5.86. The number of aryl methyl sites for hydroxylation is 1. The van der Waals surface area contributed by atoms with E-state index < -0.39 is 11.8 Å². The molecule has 6 heteroatoms. The number of pyridine rings is 1. The van der Waals surface area contributed by atoms with Gasteiger partial charge in [0.1, 0.15) is 5.69 Å². The predicted octanol–water partition coefficient (Wildman–Crippen LogP) is 4.17. The van der Waals surface area contributed by atoms with Crippen molar-refractivity contribution >= 4 is 17.3 Å². The Balaban J connectivity index is 2.66. The zero-order chi connectivity index (χ0) is 19.1. The SMILES string of the molecule is CCCCc1nc(O)c(C(=O)OCC)c(O)c1N(CC)c1ccccc1. The lowest BCUT2D eigenvalue weighted by molar-refractivity contribution is 0.0518. The number of ether oxygens (including phenoxy) is 1. The highest BCUT2D eigenvalue weighted by molar-refractivity contribution is 5.98. The number of aromatic hydroxyl groups is 2. The summed E-state index contributed by atoms with van der Waals surface area (Å²) < 4.78 is 4.97. The first kappa shape index (κ1) is 19.6. The highest BCUT2D eigenvalue weighted by Gasteiger charge is 2.28. The molecule has 0 spiro atoms. The molecular weight excluding hydrogens is 332 g/mol. The zero-order valence-corrected chi connectivity index (χ0v) is 15.5. The second kappa shape index (κ2) is 9.08. The molecule has 26 heavy (non-hydrogen) atoms. The summed E-state index contributed by atoms with van der Waals surface area (Å²) in [6.07, 6.45) is 2.38. The van der Waals surface area contributed by atoms with Crippen LogP contribution >= 0.6 is 0 Å². The quantitative estimate of drug-likeness (QED) is 0.689. The van der Waals surface area contributed by atoms with Gasteiger partial charge in [-0.05, 0) is 38.8 Å². The van der Waals surface area contributed by atoms with Gasteiger partial charge in [0, 0.05) is 12.2 Å². The molecule has 0 amide bonds. The lowest BCUT2D eigenvalue weighted by Gasteiger charge is -2.27. The summed E-state index contributed by atoms with van der Waals surface area (Å²) in [4.78, 5) is 18.3. The van der Waals surface area contributed by atoms with E-state index in [9.17, 15) is 15.0 Å². The second-order valence-corrected chi connectivity index (χ2v) is 5.86. The normalized spacial score (nSPS) is 10.6. The molecule has 0 fully saturated rings. The molecule has 0 aliphatic heterocycles. The predicted molar refractivity (Wildman–Crippen MR) is 101 cm³/mol. The molecule has 1 heterocycles. The Morgan fingerprint density at radius 3 is 2.42 bits per heavy atom. The zero-order valence-electron chi connectivity index (χ0n) is 15.5. The van der Waals surface area contributed by atoms with E-state index in [0.29, 0.717) is 24.3 Å². The fourth-order valence-corrected chi connectivity index (χ4v) is 2.87. The minimum Gasteiger partial charge on any atom is -0.505 e. The van der Waals surface area contributed by atoms with E-state index in [1.54, 1.807) is 6.92 Å². The maximum absolute atomic E-state index is 12.2. The van der Waals surface area contributed by atoms with Gasteiger partial charge in [0.05, 0.1) is 12.3 Å². The van der Waals surface area contributed by atoms with Crippen LogP contribution in [0.5, 0.6) is 11.6 Å². The molecule has 2 rings (SSSR count). The number of hydrogen-bond donors (Lipinski definition) is 2. The van der Waals surface area contributed by atoms with Crippen molar-refractivity contribution in [2.75, 3.05) is 18.1 Å². The molecule has 0 aliphatic carbocycles. The summed E-state index contributed by atoms with van der Waals surface area (Å²) in [6.45, 7) is 6.37. The Labute approximate surface area is 154 Å². The molecule has 140 valence electrons. The van der Waals surface area contributed by atoms with Crippen LogP contribution < -0.4 is 4.90 Å². The third-order valence-electron chi connectivity index (χ3n) is 4.10. The minimum absolute atomic E-state index is 0.140. The number of aromatic nitrogens is 1. The van der Waals surface area contributed by atoms with Gasteiger partial charge in [0.25, 0.3) is 0 Å². The number of unbranched alkanes of at least 4 members (excludes halogenated alkanes) is 1. The highest BCUT2D eigenvalue weighted by atomic mass is 16.5. The molecule has 1 aromatic heterocycles. The number of rotatable bonds is 8. The fraction of sp³-hybridized carbons (Fsp3) is 0.400. The summed E-state index contributed by atoms with van der Waals surface area (Å²) in [7, 11) is 0. The highest BCUT2D eigenvalue weighted by Crippen LogP contribution is 2.41. The lowest BCUT2D eigenvalue weighted by atomic mass is 10.1. The molecule has 0 unspecified atom stereocenters. The van der Waals surface area contributed by atoms with Gasteiger partial charge in [-0.25, -0.2) is 9.78 Å². The van der Waals surface area contributed by atoms with E-state index in [1.807, 2.05) is 42.2 Å². The number of esters is 1. The van der Waals surface area contributed by atoms with Crippen LogP contribution in [0.4, 0.5) is 11.4 Å². The number of carbonyl (C=O) groups excluding carboxylic acids is 1. The van der Waals surface area contributed by atoms with Crippen molar-refractivity contribution in [2.24, 2.45) is 0 Å². The van der Waals surface area contributed by atoms with Crippen molar-refractivity contribution in [2.45, 2.75) is 40.0 Å². The Morgan fingerprint density at radius 1 is 1.15 bits per heavy atom. The number of nitrogens with zero attached hydrogens (tertiary/aromatic N) is 2. The smallest absolute Gasteiger partial charge is 0.347 e. The molecule has 0 radical (unpaired) electrons. The maximum atomic E-state index is 12.2. The third kappa shape index (κ3) is 4.07. The Morgan fingerprint density at radius 2 is 1.85 bits per heavy atom. The van der Waals surface area contributed by atoms with Gasteiger partial charge in [-0.15, -0.1) is 0 Å². The molecule has 2 aromatic rings. The van der Waals surface area contributed by atoms with Crippen LogP contribution in [0.1, 0.15) is 49.7 Å². The number of anilines is 2. The summed E-state index contributed by atoms with van der Waals surface area (Å²) in [5.41, 5.74) is 1.57. The average Bonchev–Trinajstić information content (AvgIpc) is 2.63. The van der Waals surface area contributed by atoms with Crippen LogP contribution in [0.2, 0.25) is 0 Å². The van der Waals surface area contributed by atoms with Crippen molar-refractivity contribution in [1.29, 1.82) is 0 Å². The van der Waals surface area contributed by atoms with Crippen LogP contribution in [-0.4, -0.2) is 34.3 Å². The molecular formula is C20H26N2O4. The minimum atomic E-state index is -0.789. The topological polar surface area (TPSA) is 82.9 Å². The van der Waals surface area contributed by atoms with E-state index in [0.717, 1.165) is 18.5 Å². The van der Waals surface area contributed by atoms with E-state index in [4.69, 9.17) is 4.74 Å². The van der Waals surface area contributed by atoms with Gasteiger partial charge in [0.2, 0.25) is 5.88 Å². The average molecular weight is 358 g/mol. The standard InChI is InChI=1S/C20H26N2O4/c1-4-7-13-15-17(22(5-2)14-11-9-8-10-12-14)18(23)16(19(24)21-15)20(25)26-6-3/h8-12H,4-7,13H2,1-3H3,(H2,21,23,24). The van der Waals surface area contributed by atoms with Crippen LogP contribution in [0.15, 0.2) is 30.3 Å². The third-order valence-corrected chi connectivity index (χ3v) is 4.10. The first-order valence-corrected chi connectivity index (χ1v) is 8.99. The Hall–Kier alpha value is -2.76. The number of carbonyl (C=O) groups is 1. The fourth-order valence-electron chi connectivity index (χ4n) is 2.87. The first-order chi connectivity index (χ1) is 12.5. The van der Waals surface area contributed by atoms with Crippen molar-refractivity contribution in [1.82, 2.24) is 4.98 Å². The number of benzene rings is 1. The Kier molecular flexibility index (Phi) is 6.83. The molecule has 0 aliphatic rings. The van der Waals surface area contributed by atoms with E-state index in [-0.39, 0.29) is 17.9 Å². The number of hydrogen-bond acceptors (Lipinski definition) is 6. The Bertz CT molecular complexity index is 747. The summed E-state index contributed by atoms with van der Waals surface area (Å²) in [5, 5.41) is 21.1. The molecule has 2 N–H and O–H groups in total. The largest absolute Gasteiger partial charge is 0.505 e. The van der Waals surface area contributed by atoms with E-state index in [2.05, 4.69) is 11.9 Å². The first-order valence-electron chi connectivity index (χ1n) is 8.99. The van der Waals surface area contributed by atoms with Crippen LogP contribution in [0, 0.1) is 0 Å². The van der Waals surface area contributed by atoms with Gasteiger partial charge < -0.3 is 19.8 Å². The van der Waals surface area contributed by atoms with Crippen LogP contribution in [0.3, 0.4) is 0 Å². The van der Waals surface area contributed by atoms with Crippen molar-refractivity contribution in [3.63, 3.8) is 0 Å². The molecule has 0 atom stereocenters. The van der Waals surface area contributed by atoms with Crippen molar-refractivity contribution < 1.29 is 19.7 Å². The summed E-state index contributed by atoms with van der Waals surface area (Å²) in [6, 6.07) is 9.56. The number of para-hydroxylation sites is 1. The molecule has 1 aromatic carbocycles. The van der Waals surface area contributed by atoms with Gasteiger partial charge >= 0.3 is 5.97 Å². The monoisotopic (exact) mass is 358 g/mol. The molecule has 0 saturated carbocycles. The molecule has 0 bridgehead atoms. The summed E-state index contributed by atoms with van der Waals surface area (Å²) >= 11 is 0. The van der Waals surface area contributed by atoms with Gasteiger partial charge in [-0.2, -0.15) is 0 Å². The maximum Gasteiger partial charge on any atom is 0.347 e. The van der Waals surface area contributed by atoms with Gasteiger partial charge in [-0.3, -0.25) is 0 Å². The molecule has 6 nitrogen and oxygen atoms in total. The van der Waals surface area contributed by atoms with Crippen LogP contribution in [0.25, 0.3) is 0 Å². The van der Waals surface area contributed by atoms with Crippen molar-refractivity contribution in [3.8, 4) is 11.6 Å². The van der Waals surface area contributed by atoms with Crippen molar-refractivity contribution in [3.05, 3.63) is 41.6 Å². The molecule has 0 saturated heterocycles.